The molecule has 0 radical (unpaired) electrons. The van der Waals surface area contributed by atoms with Gasteiger partial charge in [-0.05, 0) is 61.9 Å². The average molecular weight is 357 g/mol. The van der Waals surface area contributed by atoms with Gasteiger partial charge in [-0.25, -0.2) is 0 Å². The number of carbonyl (C=O) groups is 1. The van der Waals surface area contributed by atoms with Gasteiger partial charge < -0.3 is 5.32 Å². The van der Waals surface area contributed by atoms with Crippen LogP contribution in [0, 0.1) is 13.8 Å². The third-order valence-electron chi connectivity index (χ3n) is 5.03. The van der Waals surface area contributed by atoms with E-state index in [1.807, 2.05) is 31.2 Å². The Kier molecular flexibility index (Phi) is 6.08. The second-order valence-electron chi connectivity index (χ2n) is 7.20. The fourth-order valence-corrected chi connectivity index (χ4v) is 3.55. The zero-order chi connectivity index (χ0) is 19.2. The summed E-state index contributed by atoms with van der Waals surface area (Å²) in [5.74, 6) is -0.00821. The molecule has 0 bridgehead atoms. The predicted octanol–water partition coefficient (Wildman–Crippen LogP) is 5.58. The molecule has 138 valence electrons. The first-order chi connectivity index (χ1) is 13.0. The monoisotopic (exact) mass is 357 g/mol. The van der Waals surface area contributed by atoms with Crippen LogP contribution in [0.25, 0.3) is 0 Å². The summed E-state index contributed by atoms with van der Waals surface area (Å²) in [5, 5.41) is 3.17. The maximum absolute atomic E-state index is 12.9. The Hall–Kier alpha value is -2.87. The van der Waals surface area contributed by atoms with E-state index in [1.54, 1.807) is 0 Å². The van der Waals surface area contributed by atoms with Gasteiger partial charge in [0.15, 0.2) is 0 Å². The van der Waals surface area contributed by atoms with Gasteiger partial charge in [0.05, 0.1) is 6.04 Å². The van der Waals surface area contributed by atoms with E-state index < -0.39 is 0 Å². The van der Waals surface area contributed by atoms with Gasteiger partial charge in [-0.3, -0.25) is 4.79 Å². The smallest absolute Gasteiger partial charge is 0.252 e. The van der Waals surface area contributed by atoms with Crippen LogP contribution in [0.15, 0.2) is 72.8 Å². The Morgan fingerprint density at radius 2 is 1.59 bits per heavy atom. The standard InChI is InChI=1S/C25H27NO/c1-18-13-16-23(19(2)17-18)20(3)26-25(27)24-12-8-7-11-22(24)15-14-21-9-5-4-6-10-21/h4-13,16-17,20H,14-15H2,1-3H3,(H,26,27)/t20-/m1/s1. The molecule has 1 atom stereocenters. The van der Waals surface area contributed by atoms with Crippen LogP contribution in [0.1, 0.15) is 51.1 Å². The fraction of sp³-hybridized carbons (Fsp3) is 0.240. The van der Waals surface area contributed by atoms with Crippen LogP contribution in [0.4, 0.5) is 0 Å². The summed E-state index contributed by atoms with van der Waals surface area (Å²) in [5.41, 5.74) is 6.75. The minimum absolute atomic E-state index is 0.00821. The fourth-order valence-electron chi connectivity index (χ4n) is 3.55. The highest BCUT2D eigenvalue weighted by Crippen LogP contribution is 2.20. The van der Waals surface area contributed by atoms with E-state index >= 15 is 0 Å². The molecule has 0 unspecified atom stereocenters. The predicted molar refractivity (Wildman–Crippen MR) is 112 cm³/mol. The summed E-state index contributed by atoms with van der Waals surface area (Å²) in [6.45, 7) is 6.23. The van der Waals surface area contributed by atoms with Crippen molar-refractivity contribution >= 4 is 5.91 Å². The molecule has 1 amide bonds. The summed E-state index contributed by atoms with van der Waals surface area (Å²) in [7, 11) is 0. The summed E-state index contributed by atoms with van der Waals surface area (Å²) in [4.78, 5) is 12.9. The summed E-state index contributed by atoms with van der Waals surface area (Å²) >= 11 is 0. The molecule has 0 heterocycles. The van der Waals surface area contributed by atoms with Gasteiger partial charge in [0, 0.05) is 5.56 Å². The molecule has 0 spiro atoms. The van der Waals surface area contributed by atoms with E-state index in [0.717, 1.165) is 29.5 Å². The molecule has 0 aliphatic rings. The second-order valence-corrected chi connectivity index (χ2v) is 7.20. The van der Waals surface area contributed by atoms with Gasteiger partial charge in [-0.2, -0.15) is 0 Å². The molecule has 2 nitrogen and oxygen atoms in total. The molecule has 3 aromatic carbocycles. The van der Waals surface area contributed by atoms with Crippen molar-refractivity contribution in [3.8, 4) is 0 Å². The topological polar surface area (TPSA) is 29.1 Å². The van der Waals surface area contributed by atoms with Crippen LogP contribution in [0.3, 0.4) is 0 Å². The first kappa shape index (κ1) is 18.9. The van der Waals surface area contributed by atoms with Crippen molar-refractivity contribution < 1.29 is 4.79 Å². The van der Waals surface area contributed by atoms with E-state index in [2.05, 4.69) is 67.7 Å². The average Bonchev–Trinajstić information content (AvgIpc) is 2.67. The number of carbonyl (C=O) groups excluding carboxylic acids is 1. The molecule has 0 saturated carbocycles. The first-order valence-electron chi connectivity index (χ1n) is 9.54. The van der Waals surface area contributed by atoms with Crippen molar-refractivity contribution in [2.24, 2.45) is 0 Å². The SMILES string of the molecule is Cc1ccc([C@@H](C)NC(=O)c2ccccc2CCc2ccccc2)c(C)c1. The van der Waals surface area contributed by atoms with Crippen LogP contribution in [-0.4, -0.2) is 5.91 Å². The van der Waals surface area contributed by atoms with Crippen molar-refractivity contribution in [3.63, 3.8) is 0 Å². The lowest BCUT2D eigenvalue weighted by Gasteiger charge is -2.18. The molecule has 0 aliphatic heterocycles. The normalized spacial score (nSPS) is 11.8. The van der Waals surface area contributed by atoms with Crippen molar-refractivity contribution in [3.05, 3.63) is 106 Å². The van der Waals surface area contributed by atoms with Crippen LogP contribution in [0.2, 0.25) is 0 Å². The van der Waals surface area contributed by atoms with Crippen LogP contribution in [0.5, 0.6) is 0 Å². The highest BCUT2D eigenvalue weighted by atomic mass is 16.1. The second kappa shape index (κ2) is 8.68. The molecule has 3 aromatic rings. The first-order valence-corrected chi connectivity index (χ1v) is 9.54. The van der Waals surface area contributed by atoms with Gasteiger partial charge in [0.25, 0.3) is 5.91 Å². The molecular weight excluding hydrogens is 330 g/mol. The minimum Gasteiger partial charge on any atom is -0.345 e. The maximum Gasteiger partial charge on any atom is 0.252 e. The maximum atomic E-state index is 12.9. The summed E-state index contributed by atoms with van der Waals surface area (Å²) in [6.07, 6.45) is 1.78. The lowest BCUT2D eigenvalue weighted by Crippen LogP contribution is -2.28. The number of hydrogen-bond donors (Lipinski definition) is 1. The molecular formula is C25H27NO. The number of rotatable bonds is 6. The summed E-state index contributed by atoms with van der Waals surface area (Å²) < 4.78 is 0. The summed E-state index contributed by atoms with van der Waals surface area (Å²) in [6, 6.07) is 24.6. The zero-order valence-electron chi connectivity index (χ0n) is 16.3. The Morgan fingerprint density at radius 1 is 0.889 bits per heavy atom. The van der Waals surface area contributed by atoms with Crippen LogP contribution >= 0.6 is 0 Å². The molecule has 1 N–H and O–H groups in total. The number of amides is 1. The molecule has 3 rings (SSSR count). The number of hydrogen-bond acceptors (Lipinski definition) is 1. The van der Waals surface area contributed by atoms with Gasteiger partial charge in [-0.15, -0.1) is 0 Å². The third kappa shape index (κ3) is 4.85. The van der Waals surface area contributed by atoms with E-state index in [4.69, 9.17) is 0 Å². The highest BCUT2D eigenvalue weighted by Gasteiger charge is 2.15. The Bertz CT molecular complexity index is 915. The van der Waals surface area contributed by atoms with Gasteiger partial charge in [-0.1, -0.05) is 72.3 Å². The van der Waals surface area contributed by atoms with Gasteiger partial charge in [0.2, 0.25) is 0 Å². The lowest BCUT2D eigenvalue weighted by molar-refractivity contribution is 0.0939. The van der Waals surface area contributed by atoms with Crippen LogP contribution < -0.4 is 5.32 Å². The molecule has 0 saturated heterocycles. The minimum atomic E-state index is -0.0275. The molecule has 2 heteroatoms. The van der Waals surface area contributed by atoms with Crippen molar-refractivity contribution in [2.45, 2.75) is 39.7 Å². The molecule has 0 aliphatic carbocycles. The molecule has 0 fully saturated rings. The highest BCUT2D eigenvalue weighted by molar-refractivity contribution is 5.96. The van der Waals surface area contributed by atoms with E-state index in [0.29, 0.717) is 0 Å². The molecule has 27 heavy (non-hydrogen) atoms. The van der Waals surface area contributed by atoms with Crippen molar-refractivity contribution in [2.75, 3.05) is 0 Å². The molecule has 0 aromatic heterocycles. The van der Waals surface area contributed by atoms with Gasteiger partial charge >= 0.3 is 0 Å². The quantitative estimate of drug-likeness (QED) is 0.613. The Morgan fingerprint density at radius 3 is 2.33 bits per heavy atom. The lowest BCUT2D eigenvalue weighted by atomic mass is 9.97. The zero-order valence-corrected chi connectivity index (χ0v) is 16.3. The van der Waals surface area contributed by atoms with E-state index in [9.17, 15) is 4.79 Å². The van der Waals surface area contributed by atoms with Crippen molar-refractivity contribution in [1.82, 2.24) is 5.32 Å². The number of benzene rings is 3. The third-order valence-corrected chi connectivity index (χ3v) is 5.03. The Labute approximate surface area is 162 Å². The largest absolute Gasteiger partial charge is 0.345 e. The van der Waals surface area contributed by atoms with Crippen LogP contribution in [-0.2, 0) is 12.8 Å². The number of aryl methyl sites for hydroxylation is 4. The van der Waals surface area contributed by atoms with Crippen molar-refractivity contribution in [1.29, 1.82) is 0 Å². The number of nitrogens with one attached hydrogen (secondary N) is 1. The Balaban J connectivity index is 1.73. The van der Waals surface area contributed by atoms with E-state index in [-0.39, 0.29) is 11.9 Å². The van der Waals surface area contributed by atoms with Gasteiger partial charge in [0.1, 0.15) is 0 Å². The van der Waals surface area contributed by atoms with E-state index in [1.165, 1.54) is 16.7 Å².